The van der Waals surface area contributed by atoms with Crippen molar-refractivity contribution in [3.8, 4) is 23.5 Å². The summed E-state index contributed by atoms with van der Waals surface area (Å²) in [5, 5.41) is 8.58. The van der Waals surface area contributed by atoms with Crippen molar-refractivity contribution in [2.45, 2.75) is 32.2 Å². The zero-order valence-corrected chi connectivity index (χ0v) is 23.3. The fourth-order valence-corrected chi connectivity index (χ4v) is 6.93. The number of rotatable bonds is 5. The number of likely N-dealkylation sites (N-methyl/N-ethyl adjacent to an activating group) is 1. The number of piperidine rings is 1. The number of carbonyl (C=O) groups excluding carboxylic acids is 1. The molecule has 2 aromatic carbocycles. The van der Waals surface area contributed by atoms with E-state index in [-0.39, 0.29) is 11.3 Å². The standard InChI is InChI=1S/C32H38N6O/c1-6-25-26(31-22(3)10-11-28-27(31)17-33-34-28)15-24(36-13-8-9-23(18-36)35(4)5)16-29(25)37-14-12-32(19-37)20-38(21-32)30(39)7-2/h1,7,10-11,15-17,23H,2,8-9,12-14,18-21H2,3-5H3,(H,33,34). The quantitative estimate of drug-likeness (QED) is 0.401. The van der Waals surface area contributed by atoms with Crippen molar-refractivity contribution in [3.63, 3.8) is 0 Å². The van der Waals surface area contributed by atoms with E-state index in [1.165, 1.54) is 30.2 Å². The van der Waals surface area contributed by atoms with E-state index in [9.17, 15) is 4.79 Å². The van der Waals surface area contributed by atoms with E-state index in [1.807, 2.05) is 11.1 Å². The number of aromatic nitrogens is 2. The Labute approximate surface area is 231 Å². The summed E-state index contributed by atoms with van der Waals surface area (Å²) >= 11 is 0. The van der Waals surface area contributed by atoms with E-state index in [0.29, 0.717) is 6.04 Å². The molecule has 3 saturated heterocycles. The van der Waals surface area contributed by atoms with Gasteiger partial charge in [-0.2, -0.15) is 5.10 Å². The minimum absolute atomic E-state index is 0.0249. The predicted molar refractivity (Wildman–Crippen MR) is 159 cm³/mol. The molecule has 0 bridgehead atoms. The van der Waals surface area contributed by atoms with Crippen LogP contribution in [0.2, 0.25) is 0 Å². The van der Waals surface area contributed by atoms with E-state index in [1.54, 1.807) is 0 Å². The van der Waals surface area contributed by atoms with Crippen LogP contribution in [0.1, 0.15) is 30.4 Å². The second-order valence-corrected chi connectivity index (χ2v) is 11.9. The number of aromatic amines is 1. The molecular formula is C32H38N6O. The first kappa shape index (κ1) is 25.5. The Bertz CT molecular complexity index is 1470. The van der Waals surface area contributed by atoms with Gasteiger partial charge < -0.3 is 19.6 Å². The van der Waals surface area contributed by atoms with Crippen molar-refractivity contribution >= 4 is 28.2 Å². The highest BCUT2D eigenvalue weighted by Crippen LogP contribution is 2.46. The molecule has 0 radical (unpaired) electrons. The number of terminal acetylenes is 1. The fourth-order valence-electron chi connectivity index (χ4n) is 6.93. The molecule has 0 saturated carbocycles. The summed E-state index contributed by atoms with van der Waals surface area (Å²) in [6.07, 6.45) is 13.1. The highest BCUT2D eigenvalue weighted by atomic mass is 16.2. The molecule has 3 aliphatic heterocycles. The normalized spacial score (nSPS) is 20.5. The molecule has 1 N–H and O–H groups in total. The largest absolute Gasteiger partial charge is 0.370 e. The van der Waals surface area contributed by atoms with Crippen LogP contribution in [0.3, 0.4) is 0 Å². The van der Waals surface area contributed by atoms with Gasteiger partial charge in [-0.1, -0.05) is 18.6 Å². The summed E-state index contributed by atoms with van der Waals surface area (Å²) < 4.78 is 0. The third-order valence-corrected chi connectivity index (χ3v) is 9.16. The highest BCUT2D eigenvalue weighted by Gasteiger charge is 2.49. The number of carbonyl (C=O) groups is 1. The monoisotopic (exact) mass is 522 g/mol. The Balaban J connectivity index is 1.45. The number of hydrogen-bond donors (Lipinski definition) is 1. The first-order valence-corrected chi connectivity index (χ1v) is 14.0. The number of hydrogen-bond acceptors (Lipinski definition) is 5. The molecule has 3 aromatic rings. The van der Waals surface area contributed by atoms with Crippen LogP contribution in [0.5, 0.6) is 0 Å². The van der Waals surface area contributed by atoms with Gasteiger partial charge in [0.05, 0.1) is 23.0 Å². The first-order chi connectivity index (χ1) is 18.8. The van der Waals surface area contributed by atoms with Gasteiger partial charge in [0.15, 0.2) is 0 Å². The molecule has 7 nitrogen and oxygen atoms in total. The lowest BCUT2D eigenvalue weighted by molar-refractivity contribution is -0.136. The van der Waals surface area contributed by atoms with Crippen molar-refractivity contribution in [2.24, 2.45) is 5.41 Å². The molecular weight excluding hydrogens is 484 g/mol. The van der Waals surface area contributed by atoms with E-state index in [2.05, 4.69) is 82.7 Å². The Hall–Kier alpha value is -3.76. The van der Waals surface area contributed by atoms with Gasteiger partial charge in [-0.15, -0.1) is 6.42 Å². The van der Waals surface area contributed by atoms with Crippen molar-refractivity contribution in [1.82, 2.24) is 20.0 Å². The molecule has 0 aliphatic carbocycles. The minimum Gasteiger partial charge on any atom is -0.370 e. The summed E-state index contributed by atoms with van der Waals surface area (Å²) in [6.45, 7) is 11.3. The lowest BCUT2D eigenvalue weighted by Crippen LogP contribution is -2.59. The number of nitrogens with one attached hydrogen (secondary N) is 1. The summed E-state index contributed by atoms with van der Waals surface area (Å²) in [4.78, 5) is 21.4. The van der Waals surface area contributed by atoms with Crippen LogP contribution in [0.4, 0.5) is 11.4 Å². The summed E-state index contributed by atoms with van der Waals surface area (Å²) in [5.41, 5.74) is 7.86. The number of benzene rings is 2. The summed E-state index contributed by atoms with van der Waals surface area (Å²) in [7, 11) is 4.36. The van der Waals surface area contributed by atoms with Gasteiger partial charge in [0.25, 0.3) is 0 Å². The van der Waals surface area contributed by atoms with Gasteiger partial charge >= 0.3 is 0 Å². The summed E-state index contributed by atoms with van der Waals surface area (Å²) in [6, 6.07) is 9.40. The molecule has 1 aromatic heterocycles. The smallest absolute Gasteiger partial charge is 0.245 e. The van der Waals surface area contributed by atoms with E-state index in [4.69, 9.17) is 6.42 Å². The van der Waals surface area contributed by atoms with Gasteiger partial charge in [0, 0.05) is 67.4 Å². The van der Waals surface area contributed by atoms with Crippen LogP contribution in [0.15, 0.2) is 43.1 Å². The zero-order chi connectivity index (χ0) is 27.3. The number of likely N-dealkylation sites (tertiary alicyclic amines) is 1. The summed E-state index contributed by atoms with van der Waals surface area (Å²) in [5.74, 6) is 3.13. The van der Waals surface area contributed by atoms with Gasteiger partial charge in [0.1, 0.15) is 0 Å². The lowest BCUT2D eigenvalue weighted by atomic mass is 9.79. The molecule has 1 spiro atoms. The van der Waals surface area contributed by atoms with E-state index < -0.39 is 0 Å². The van der Waals surface area contributed by atoms with Gasteiger partial charge in [-0.05, 0) is 75.7 Å². The fraction of sp³-hybridized carbons (Fsp3) is 0.438. The van der Waals surface area contributed by atoms with Crippen molar-refractivity contribution in [3.05, 3.63) is 54.2 Å². The Kier molecular flexibility index (Phi) is 6.39. The molecule has 39 heavy (non-hydrogen) atoms. The van der Waals surface area contributed by atoms with Crippen LogP contribution < -0.4 is 9.80 Å². The number of anilines is 2. The molecule has 1 atom stereocenters. The first-order valence-electron chi connectivity index (χ1n) is 14.0. The third kappa shape index (κ3) is 4.37. The van der Waals surface area contributed by atoms with Crippen molar-refractivity contribution < 1.29 is 4.79 Å². The maximum Gasteiger partial charge on any atom is 0.245 e. The maximum atomic E-state index is 12.1. The Morgan fingerprint density at radius 3 is 2.79 bits per heavy atom. The van der Waals surface area contributed by atoms with Gasteiger partial charge in [-0.3, -0.25) is 9.89 Å². The third-order valence-electron chi connectivity index (χ3n) is 9.16. The number of nitrogens with zero attached hydrogens (tertiary/aromatic N) is 5. The molecule has 1 unspecified atom stereocenters. The number of H-pyrrole nitrogens is 1. The molecule has 6 rings (SSSR count). The topological polar surface area (TPSA) is 58.7 Å². The van der Waals surface area contributed by atoms with Crippen molar-refractivity contribution in [1.29, 1.82) is 0 Å². The SMILES string of the molecule is C#Cc1c(-c2c(C)ccc3[nH]ncc23)cc(N2CCCC(N(C)C)C2)cc1N1CCC2(CN(C(=O)C=C)C2)C1. The van der Waals surface area contributed by atoms with Crippen LogP contribution >= 0.6 is 0 Å². The predicted octanol–water partition coefficient (Wildman–Crippen LogP) is 4.27. The van der Waals surface area contributed by atoms with Gasteiger partial charge in [-0.25, -0.2) is 0 Å². The average Bonchev–Trinajstić information content (AvgIpc) is 3.59. The molecule has 3 fully saturated rings. The molecule has 3 aliphatic rings. The van der Waals surface area contributed by atoms with Crippen LogP contribution in [0, 0.1) is 24.7 Å². The zero-order valence-electron chi connectivity index (χ0n) is 23.3. The molecule has 4 heterocycles. The second-order valence-electron chi connectivity index (χ2n) is 11.9. The maximum absolute atomic E-state index is 12.1. The van der Waals surface area contributed by atoms with Gasteiger partial charge in [0.2, 0.25) is 5.91 Å². The van der Waals surface area contributed by atoms with Crippen LogP contribution in [-0.2, 0) is 4.79 Å². The average molecular weight is 523 g/mol. The Morgan fingerprint density at radius 1 is 1.23 bits per heavy atom. The van der Waals surface area contributed by atoms with E-state index >= 15 is 0 Å². The van der Waals surface area contributed by atoms with Crippen LogP contribution in [-0.4, -0.2) is 85.3 Å². The molecule has 1 amide bonds. The number of fused-ring (bicyclic) bond motifs is 1. The molecule has 7 heteroatoms. The molecule has 202 valence electrons. The minimum atomic E-state index is 0.0249. The van der Waals surface area contributed by atoms with E-state index in [0.717, 1.165) is 79.0 Å². The lowest BCUT2D eigenvalue weighted by Gasteiger charge is -2.47. The highest BCUT2D eigenvalue weighted by molar-refractivity contribution is 6.00. The Morgan fingerprint density at radius 2 is 2.05 bits per heavy atom. The van der Waals surface area contributed by atoms with Crippen molar-refractivity contribution in [2.75, 3.05) is 63.2 Å². The van der Waals surface area contributed by atoms with Crippen LogP contribution in [0.25, 0.3) is 22.0 Å². The number of aryl methyl sites for hydroxylation is 1. The second kappa shape index (κ2) is 9.77. The number of amides is 1.